The van der Waals surface area contributed by atoms with Crippen molar-refractivity contribution in [1.82, 2.24) is 10.6 Å². The maximum Gasteiger partial charge on any atom is 0.251 e. The van der Waals surface area contributed by atoms with Gasteiger partial charge in [0.2, 0.25) is 0 Å². The summed E-state index contributed by atoms with van der Waals surface area (Å²) in [7, 11) is 0. The number of nitrogens with one attached hydrogen (secondary N) is 2. The minimum atomic E-state index is -0.0556. The van der Waals surface area contributed by atoms with Crippen LogP contribution in [-0.4, -0.2) is 12.5 Å². The monoisotopic (exact) mass is 624 g/mol. The molecule has 0 bridgehead atoms. The van der Waals surface area contributed by atoms with E-state index in [2.05, 4.69) is 110 Å². The Morgan fingerprint density at radius 2 is 1.44 bits per heavy atom. The fourth-order valence-corrected chi connectivity index (χ4v) is 4.57. The predicted octanol–water partition coefficient (Wildman–Crippen LogP) is 6.98. The van der Waals surface area contributed by atoms with Gasteiger partial charge >= 0.3 is 0 Å². The SMILES string of the molecule is O=C(NCCc1ccc(-c2ccccc2)cc1)c1ccc(CNCc2ccc(I)cc2)c(Br)c1. The molecule has 34 heavy (non-hydrogen) atoms. The molecule has 0 saturated heterocycles. The quantitative estimate of drug-likeness (QED) is 0.197. The molecular weight excluding hydrogens is 599 g/mol. The van der Waals surface area contributed by atoms with E-state index in [4.69, 9.17) is 0 Å². The molecule has 0 saturated carbocycles. The first kappa shape index (κ1) is 24.6. The molecule has 0 aromatic heterocycles. The molecule has 0 aliphatic carbocycles. The first-order chi connectivity index (χ1) is 16.6. The average molecular weight is 625 g/mol. The van der Waals surface area contributed by atoms with Crippen molar-refractivity contribution in [3.63, 3.8) is 0 Å². The van der Waals surface area contributed by atoms with Crippen LogP contribution < -0.4 is 10.6 Å². The molecule has 0 atom stereocenters. The molecule has 0 aliphatic rings. The molecular formula is C29H26BrIN2O. The zero-order chi connectivity index (χ0) is 23.8. The van der Waals surface area contributed by atoms with Gasteiger partial charge < -0.3 is 10.6 Å². The minimum absolute atomic E-state index is 0.0556. The number of hydrogen-bond donors (Lipinski definition) is 2. The van der Waals surface area contributed by atoms with Crippen molar-refractivity contribution in [3.8, 4) is 11.1 Å². The van der Waals surface area contributed by atoms with Gasteiger partial charge in [-0.3, -0.25) is 4.79 Å². The number of rotatable bonds is 9. The summed E-state index contributed by atoms with van der Waals surface area (Å²) in [5.41, 5.74) is 6.65. The number of benzene rings is 4. The van der Waals surface area contributed by atoms with E-state index in [-0.39, 0.29) is 5.91 Å². The summed E-state index contributed by atoms with van der Waals surface area (Å²) in [4.78, 5) is 12.6. The van der Waals surface area contributed by atoms with Crippen molar-refractivity contribution < 1.29 is 4.79 Å². The lowest BCUT2D eigenvalue weighted by atomic mass is 10.0. The summed E-state index contributed by atoms with van der Waals surface area (Å²) < 4.78 is 2.17. The maximum atomic E-state index is 12.6. The van der Waals surface area contributed by atoms with Crippen LogP contribution in [0, 0.1) is 3.57 Å². The van der Waals surface area contributed by atoms with Gasteiger partial charge in [-0.2, -0.15) is 0 Å². The molecule has 1 amide bonds. The normalized spacial score (nSPS) is 10.8. The van der Waals surface area contributed by atoms with Crippen LogP contribution in [0.15, 0.2) is 102 Å². The van der Waals surface area contributed by atoms with Gasteiger partial charge in [0, 0.05) is 33.2 Å². The van der Waals surface area contributed by atoms with Gasteiger partial charge in [0.25, 0.3) is 5.91 Å². The van der Waals surface area contributed by atoms with Crippen LogP contribution in [0.5, 0.6) is 0 Å². The van der Waals surface area contributed by atoms with E-state index in [0.717, 1.165) is 29.5 Å². The summed E-state index contributed by atoms with van der Waals surface area (Å²) in [5.74, 6) is -0.0556. The van der Waals surface area contributed by atoms with Crippen LogP contribution in [0.3, 0.4) is 0 Å². The van der Waals surface area contributed by atoms with E-state index < -0.39 is 0 Å². The van der Waals surface area contributed by atoms with Gasteiger partial charge in [-0.25, -0.2) is 0 Å². The Hall–Kier alpha value is -2.48. The van der Waals surface area contributed by atoms with Gasteiger partial charge in [0.1, 0.15) is 0 Å². The van der Waals surface area contributed by atoms with E-state index >= 15 is 0 Å². The Morgan fingerprint density at radius 1 is 0.765 bits per heavy atom. The highest BCUT2D eigenvalue weighted by molar-refractivity contribution is 14.1. The number of amides is 1. The summed E-state index contributed by atoms with van der Waals surface area (Å²) in [5, 5.41) is 6.49. The lowest BCUT2D eigenvalue weighted by Crippen LogP contribution is -2.25. The highest BCUT2D eigenvalue weighted by Crippen LogP contribution is 2.20. The lowest BCUT2D eigenvalue weighted by Gasteiger charge is -2.10. The van der Waals surface area contributed by atoms with Gasteiger partial charge in [-0.1, -0.05) is 88.7 Å². The van der Waals surface area contributed by atoms with Crippen LogP contribution in [0.2, 0.25) is 0 Å². The molecule has 0 fully saturated rings. The molecule has 0 unspecified atom stereocenters. The Kier molecular flexibility index (Phi) is 8.91. The summed E-state index contributed by atoms with van der Waals surface area (Å²) in [6, 6.07) is 33.1. The molecule has 4 aromatic rings. The smallest absolute Gasteiger partial charge is 0.251 e. The number of carbonyl (C=O) groups is 1. The van der Waals surface area contributed by atoms with Crippen molar-refractivity contribution in [1.29, 1.82) is 0 Å². The van der Waals surface area contributed by atoms with Crippen LogP contribution >= 0.6 is 38.5 Å². The Labute approximate surface area is 223 Å². The summed E-state index contributed by atoms with van der Waals surface area (Å²) in [6.45, 7) is 2.13. The third kappa shape index (κ3) is 7.01. The van der Waals surface area contributed by atoms with Crippen molar-refractivity contribution in [2.45, 2.75) is 19.5 Å². The topological polar surface area (TPSA) is 41.1 Å². The summed E-state index contributed by atoms with van der Waals surface area (Å²) >= 11 is 5.93. The van der Waals surface area contributed by atoms with Crippen LogP contribution in [0.4, 0.5) is 0 Å². The molecule has 0 heterocycles. The van der Waals surface area contributed by atoms with Crippen molar-refractivity contribution in [2.24, 2.45) is 0 Å². The van der Waals surface area contributed by atoms with E-state index in [1.54, 1.807) is 0 Å². The predicted molar refractivity (Wildman–Crippen MR) is 152 cm³/mol. The second kappa shape index (κ2) is 12.3. The van der Waals surface area contributed by atoms with Gasteiger partial charge in [0.05, 0.1) is 0 Å². The molecule has 0 spiro atoms. The summed E-state index contributed by atoms with van der Waals surface area (Å²) in [6.07, 6.45) is 0.794. The molecule has 5 heteroatoms. The molecule has 2 N–H and O–H groups in total. The molecule has 0 radical (unpaired) electrons. The fraction of sp³-hybridized carbons (Fsp3) is 0.138. The molecule has 4 aromatic carbocycles. The lowest BCUT2D eigenvalue weighted by molar-refractivity contribution is 0.0954. The zero-order valence-corrected chi connectivity index (χ0v) is 22.5. The van der Waals surface area contributed by atoms with Crippen molar-refractivity contribution in [2.75, 3.05) is 6.54 Å². The number of hydrogen-bond acceptors (Lipinski definition) is 2. The Bertz CT molecular complexity index is 1230. The van der Waals surface area contributed by atoms with Gasteiger partial charge in [-0.05, 0) is 81.1 Å². The number of carbonyl (C=O) groups excluding carboxylic acids is 1. The molecule has 3 nitrogen and oxygen atoms in total. The molecule has 172 valence electrons. The average Bonchev–Trinajstić information content (AvgIpc) is 2.87. The van der Waals surface area contributed by atoms with Crippen molar-refractivity contribution in [3.05, 3.63) is 127 Å². The molecule has 0 aliphatic heterocycles. The van der Waals surface area contributed by atoms with Gasteiger partial charge in [0.15, 0.2) is 0 Å². The minimum Gasteiger partial charge on any atom is -0.352 e. The van der Waals surface area contributed by atoms with Crippen LogP contribution in [0.1, 0.15) is 27.0 Å². The second-order valence-corrected chi connectivity index (χ2v) is 10.2. The highest BCUT2D eigenvalue weighted by atomic mass is 127. The number of halogens is 2. The zero-order valence-electron chi connectivity index (χ0n) is 18.7. The Balaban J connectivity index is 1.24. The largest absolute Gasteiger partial charge is 0.352 e. The van der Waals surface area contributed by atoms with Gasteiger partial charge in [-0.15, -0.1) is 0 Å². The third-order valence-corrected chi connectivity index (χ3v) is 7.09. The van der Waals surface area contributed by atoms with E-state index in [0.29, 0.717) is 12.1 Å². The fourth-order valence-electron chi connectivity index (χ4n) is 3.69. The Morgan fingerprint density at radius 3 is 2.15 bits per heavy atom. The highest BCUT2D eigenvalue weighted by Gasteiger charge is 2.09. The second-order valence-electron chi connectivity index (χ2n) is 8.11. The first-order valence-corrected chi connectivity index (χ1v) is 13.1. The van der Waals surface area contributed by atoms with E-state index in [9.17, 15) is 4.79 Å². The van der Waals surface area contributed by atoms with Crippen LogP contribution in [0.25, 0.3) is 11.1 Å². The maximum absolute atomic E-state index is 12.6. The van der Waals surface area contributed by atoms with E-state index in [1.165, 1.54) is 25.8 Å². The van der Waals surface area contributed by atoms with Crippen LogP contribution in [-0.2, 0) is 19.5 Å². The standard InChI is InChI=1S/C29H26BrIN2O/c30-28-18-25(12-13-26(28)20-32-19-22-8-14-27(31)15-9-22)29(34)33-17-16-21-6-10-24(11-7-21)23-4-2-1-3-5-23/h1-15,18,32H,16-17,19-20H2,(H,33,34). The third-order valence-electron chi connectivity index (χ3n) is 5.63. The first-order valence-electron chi connectivity index (χ1n) is 11.2. The molecule has 4 rings (SSSR count). The van der Waals surface area contributed by atoms with E-state index in [1.807, 2.05) is 36.4 Å². The van der Waals surface area contributed by atoms with Crippen molar-refractivity contribution >= 4 is 44.4 Å².